The third-order valence-electron chi connectivity index (χ3n) is 0.965. The Balaban J connectivity index is 0.00000121. The zero-order valence-electron chi connectivity index (χ0n) is 5.60. The molecule has 1 aromatic heterocycles. The van der Waals surface area contributed by atoms with Gasteiger partial charge in [-0.1, -0.05) is 6.07 Å². The number of hydrogen-bond donors (Lipinski definition) is 1. The molecule has 6 heteroatoms. The first-order chi connectivity index (χ1) is 5.08. The second-order valence-electron chi connectivity index (χ2n) is 1.91. The quantitative estimate of drug-likeness (QED) is 0.744. The summed E-state index contributed by atoms with van der Waals surface area (Å²) in [6, 6.07) is 3.65. The molecule has 0 atom stereocenters. The van der Waals surface area contributed by atoms with Crippen molar-refractivity contribution in [2.45, 2.75) is 0 Å². The van der Waals surface area contributed by atoms with Gasteiger partial charge in [0, 0.05) is 10.3 Å². The molecule has 2 N–H and O–H groups in total. The topological polar surface area (TPSA) is 60.2 Å². The van der Waals surface area contributed by atoms with Crippen molar-refractivity contribution in [2.75, 3.05) is 0 Å². The predicted octanol–water partition coefficient (Wildman–Crippen LogP) is 0.359. The molecule has 0 bridgehead atoms. The first-order valence-electron chi connectivity index (χ1n) is 2.82. The second-order valence-corrected chi connectivity index (χ2v) is 4.34. The van der Waals surface area contributed by atoms with Crippen LogP contribution in [0.25, 0.3) is 6.08 Å². The van der Waals surface area contributed by atoms with Crippen molar-refractivity contribution >= 4 is 78.8 Å². The molecule has 0 aromatic carbocycles. The van der Waals surface area contributed by atoms with Gasteiger partial charge in [-0.25, -0.2) is 13.6 Å². The molecule has 3 nitrogen and oxygen atoms in total. The fourth-order valence-electron chi connectivity index (χ4n) is 0.548. The van der Waals surface area contributed by atoms with E-state index in [-0.39, 0.29) is 51.4 Å². The Bertz CT molecular complexity index is 342. The van der Waals surface area contributed by atoms with Crippen molar-refractivity contribution < 1.29 is 8.42 Å². The van der Waals surface area contributed by atoms with Crippen molar-refractivity contribution in [2.24, 2.45) is 5.14 Å². The summed E-state index contributed by atoms with van der Waals surface area (Å²) in [6.45, 7) is 0. The third-order valence-corrected chi connectivity index (χ3v) is 2.32. The van der Waals surface area contributed by atoms with Crippen molar-refractivity contribution in [1.29, 1.82) is 0 Å². The molecule has 0 amide bonds. The normalized spacial score (nSPS) is 11.4. The summed E-state index contributed by atoms with van der Waals surface area (Å²) in [5.74, 6) is 0. The summed E-state index contributed by atoms with van der Waals surface area (Å²) in [6.07, 6.45) is 1.47. The minimum absolute atomic E-state index is 0. The fraction of sp³-hybridized carbons (Fsp3) is 0. The van der Waals surface area contributed by atoms with Gasteiger partial charge < -0.3 is 0 Å². The molecule has 0 aliphatic rings. The van der Waals surface area contributed by atoms with E-state index in [4.69, 9.17) is 5.14 Å². The number of thiophene rings is 1. The van der Waals surface area contributed by atoms with Crippen LogP contribution in [0.5, 0.6) is 0 Å². The summed E-state index contributed by atoms with van der Waals surface area (Å²) in [4.78, 5) is 0.874. The maximum absolute atomic E-state index is 10.4. The molecule has 12 heavy (non-hydrogen) atoms. The van der Waals surface area contributed by atoms with E-state index in [2.05, 4.69) is 0 Å². The van der Waals surface area contributed by atoms with E-state index >= 15 is 0 Å². The van der Waals surface area contributed by atoms with Crippen LogP contribution < -0.4 is 5.14 Å². The Morgan fingerprint density at radius 2 is 2.17 bits per heavy atom. The molecule has 0 radical (unpaired) electrons. The Kier molecular flexibility index (Phi) is 6.13. The molecule has 0 spiro atoms. The molecule has 62 valence electrons. The van der Waals surface area contributed by atoms with Gasteiger partial charge in [0.15, 0.2) is 0 Å². The predicted molar refractivity (Wildman–Crippen MR) is 53.6 cm³/mol. The average Bonchev–Trinajstić information content (AvgIpc) is 2.32. The third kappa shape index (κ3) is 5.60. The standard InChI is InChI=1S/C6H7NO2S2.K.H/c7-11(8,9)5-3-6-2-1-4-10-6;;/h1-5H,(H2,7,8,9);;/b5-3+;;. The first kappa shape index (κ1) is 13.0. The number of rotatable bonds is 2. The van der Waals surface area contributed by atoms with Crippen LogP contribution in [0.2, 0.25) is 0 Å². The van der Waals surface area contributed by atoms with Crippen LogP contribution in [0.4, 0.5) is 0 Å². The summed E-state index contributed by atoms with van der Waals surface area (Å²) in [7, 11) is -3.47. The summed E-state index contributed by atoms with van der Waals surface area (Å²) < 4.78 is 20.8. The van der Waals surface area contributed by atoms with Gasteiger partial charge in [0.2, 0.25) is 10.0 Å². The summed E-state index contributed by atoms with van der Waals surface area (Å²) >= 11 is 1.46. The summed E-state index contributed by atoms with van der Waals surface area (Å²) in [5, 5.41) is 7.59. The zero-order chi connectivity index (χ0) is 8.32. The maximum atomic E-state index is 10.4. The van der Waals surface area contributed by atoms with Crippen molar-refractivity contribution in [3.63, 3.8) is 0 Å². The van der Waals surface area contributed by atoms with Gasteiger partial charge in [0.25, 0.3) is 0 Å². The van der Waals surface area contributed by atoms with Crippen molar-refractivity contribution in [3.8, 4) is 0 Å². The van der Waals surface area contributed by atoms with E-state index in [1.165, 1.54) is 17.4 Å². The first-order valence-corrected chi connectivity index (χ1v) is 5.31. The van der Waals surface area contributed by atoms with Gasteiger partial charge in [-0.3, -0.25) is 0 Å². The van der Waals surface area contributed by atoms with Crippen LogP contribution in [-0.4, -0.2) is 59.8 Å². The van der Waals surface area contributed by atoms with Crippen LogP contribution >= 0.6 is 11.3 Å². The molecular weight excluding hydrogens is 221 g/mol. The number of nitrogens with two attached hydrogens (primary N) is 1. The van der Waals surface area contributed by atoms with E-state index < -0.39 is 10.0 Å². The molecule has 0 unspecified atom stereocenters. The van der Waals surface area contributed by atoms with Gasteiger partial charge in [0.1, 0.15) is 0 Å². The Morgan fingerprint density at radius 1 is 1.50 bits per heavy atom. The molecule has 0 fully saturated rings. The molecule has 0 aliphatic carbocycles. The second kappa shape index (κ2) is 5.66. The molecule has 1 heterocycles. The van der Waals surface area contributed by atoms with Gasteiger partial charge >= 0.3 is 51.4 Å². The van der Waals surface area contributed by atoms with Crippen LogP contribution in [0.15, 0.2) is 22.9 Å². The number of primary sulfonamides is 1. The molecular formula is C6H8KNO2S2. The Morgan fingerprint density at radius 3 is 2.58 bits per heavy atom. The molecule has 1 rings (SSSR count). The van der Waals surface area contributed by atoms with E-state index in [9.17, 15) is 8.42 Å². The van der Waals surface area contributed by atoms with Crippen LogP contribution in [0.1, 0.15) is 4.88 Å². The fourth-order valence-corrected chi connectivity index (χ4v) is 1.59. The summed E-state index contributed by atoms with van der Waals surface area (Å²) in [5.41, 5.74) is 0. The monoisotopic (exact) mass is 229 g/mol. The van der Waals surface area contributed by atoms with E-state index in [0.717, 1.165) is 10.3 Å². The number of sulfonamides is 1. The van der Waals surface area contributed by atoms with Crippen LogP contribution in [0.3, 0.4) is 0 Å². The van der Waals surface area contributed by atoms with E-state index in [1.807, 2.05) is 17.5 Å². The molecule has 0 saturated heterocycles. The van der Waals surface area contributed by atoms with Gasteiger partial charge in [-0.2, -0.15) is 0 Å². The average molecular weight is 229 g/mol. The van der Waals surface area contributed by atoms with Crippen molar-refractivity contribution in [3.05, 3.63) is 27.8 Å². The van der Waals surface area contributed by atoms with E-state index in [1.54, 1.807) is 0 Å². The van der Waals surface area contributed by atoms with Crippen LogP contribution in [0, 0.1) is 0 Å². The minimum atomic E-state index is -3.47. The van der Waals surface area contributed by atoms with Crippen molar-refractivity contribution in [1.82, 2.24) is 0 Å². The Labute approximate surface area is 118 Å². The van der Waals surface area contributed by atoms with Gasteiger partial charge in [0.05, 0.1) is 0 Å². The van der Waals surface area contributed by atoms with Crippen LogP contribution in [-0.2, 0) is 10.0 Å². The molecule has 1 aromatic rings. The number of hydrogen-bond acceptors (Lipinski definition) is 3. The molecule has 0 saturated carbocycles. The van der Waals surface area contributed by atoms with Gasteiger partial charge in [-0.15, -0.1) is 11.3 Å². The van der Waals surface area contributed by atoms with E-state index in [0.29, 0.717) is 0 Å². The SMILES string of the molecule is NS(=O)(=O)/C=C/c1cccs1.[KH]. The Hall–Kier alpha value is 0.986. The van der Waals surface area contributed by atoms with Gasteiger partial charge in [-0.05, 0) is 17.5 Å². The molecule has 0 aliphatic heterocycles. The zero-order valence-corrected chi connectivity index (χ0v) is 7.23.